The number of aromatic nitrogens is 1. The molecule has 0 saturated heterocycles. The van der Waals surface area contributed by atoms with Crippen molar-refractivity contribution in [2.45, 2.75) is 13.5 Å². The molecule has 1 aromatic heterocycles. The van der Waals surface area contributed by atoms with E-state index in [2.05, 4.69) is 10.3 Å². The fraction of sp³-hybridized carbons (Fsp3) is 0.154. The summed E-state index contributed by atoms with van der Waals surface area (Å²) in [4.78, 5) is 3.99. The average Bonchev–Trinajstić information content (AvgIpc) is 2.32. The molecule has 0 spiro atoms. The standard InChI is InChI=1S/C13H12F2N2/c1-9-4-5-16-8-13(9)17-7-10-2-3-11(14)12(15)6-10/h2-6,8,17H,7H2,1H3. The van der Waals surface area contributed by atoms with Gasteiger partial charge in [0.2, 0.25) is 0 Å². The molecule has 0 amide bonds. The number of nitrogens with one attached hydrogen (secondary N) is 1. The minimum absolute atomic E-state index is 0.434. The van der Waals surface area contributed by atoms with Crippen LogP contribution in [0.5, 0.6) is 0 Å². The third-order valence-corrected chi connectivity index (χ3v) is 2.51. The molecule has 4 heteroatoms. The average molecular weight is 234 g/mol. The van der Waals surface area contributed by atoms with Gasteiger partial charge in [0.25, 0.3) is 0 Å². The van der Waals surface area contributed by atoms with Crippen molar-refractivity contribution < 1.29 is 8.78 Å². The molecule has 1 heterocycles. The van der Waals surface area contributed by atoms with E-state index in [-0.39, 0.29) is 0 Å². The third-order valence-electron chi connectivity index (χ3n) is 2.51. The molecule has 0 atom stereocenters. The molecule has 0 radical (unpaired) electrons. The molecule has 1 N–H and O–H groups in total. The second-order valence-electron chi connectivity index (χ2n) is 3.79. The van der Waals surface area contributed by atoms with Crippen molar-refractivity contribution in [2.75, 3.05) is 5.32 Å². The maximum absolute atomic E-state index is 13.0. The number of benzene rings is 1. The number of hydrogen-bond donors (Lipinski definition) is 1. The van der Waals surface area contributed by atoms with Crippen LogP contribution in [-0.2, 0) is 6.54 Å². The molecule has 0 bridgehead atoms. The van der Waals surface area contributed by atoms with Gasteiger partial charge in [-0.15, -0.1) is 0 Å². The van der Waals surface area contributed by atoms with Gasteiger partial charge in [-0.3, -0.25) is 4.98 Å². The molecule has 2 rings (SSSR count). The van der Waals surface area contributed by atoms with Gasteiger partial charge in [0, 0.05) is 12.7 Å². The molecule has 2 nitrogen and oxygen atoms in total. The van der Waals surface area contributed by atoms with E-state index >= 15 is 0 Å². The van der Waals surface area contributed by atoms with Gasteiger partial charge in [-0.05, 0) is 36.2 Å². The van der Waals surface area contributed by atoms with Crippen molar-refractivity contribution in [2.24, 2.45) is 0 Å². The van der Waals surface area contributed by atoms with Crippen molar-refractivity contribution >= 4 is 5.69 Å². The highest BCUT2D eigenvalue weighted by molar-refractivity contribution is 5.48. The lowest BCUT2D eigenvalue weighted by molar-refractivity contribution is 0.507. The van der Waals surface area contributed by atoms with E-state index in [1.165, 1.54) is 6.07 Å². The van der Waals surface area contributed by atoms with Crippen LogP contribution in [0.1, 0.15) is 11.1 Å². The van der Waals surface area contributed by atoms with E-state index in [0.717, 1.165) is 17.3 Å². The molecular formula is C13H12F2N2. The van der Waals surface area contributed by atoms with Crippen molar-refractivity contribution in [3.63, 3.8) is 0 Å². The first-order valence-electron chi connectivity index (χ1n) is 5.25. The predicted molar refractivity (Wildman–Crippen MR) is 62.7 cm³/mol. The Kier molecular flexibility index (Phi) is 3.32. The number of rotatable bonds is 3. The van der Waals surface area contributed by atoms with Crippen LogP contribution in [0.3, 0.4) is 0 Å². The van der Waals surface area contributed by atoms with Gasteiger partial charge in [0.15, 0.2) is 11.6 Å². The van der Waals surface area contributed by atoms with Crippen LogP contribution < -0.4 is 5.32 Å². The van der Waals surface area contributed by atoms with Crippen LogP contribution in [0.25, 0.3) is 0 Å². The van der Waals surface area contributed by atoms with E-state index in [9.17, 15) is 8.78 Å². The minimum atomic E-state index is -0.827. The summed E-state index contributed by atoms with van der Waals surface area (Å²) in [5, 5.41) is 3.12. The zero-order valence-electron chi connectivity index (χ0n) is 9.37. The summed E-state index contributed by atoms with van der Waals surface area (Å²) in [6.07, 6.45) is 3.41. The van der Waals surface area contributed by atoms with Crippen molar-refractivity contribution in [3.05, 3.63) is 59.4 Å². The van der Waals surface area contributed by atoms with Crippen LogP contribution in [0.4, 0.5) is 14.5 Å². The van der Waals surface area contributed by atoms with E-state index in [1.807, 2.05) is 13.0 Å². The lowest BCUT2D eigenvalue weighted by atomic mass is 10.2. The van der Waals surface area contributed by atoms with E-state index in [4.69, 9.17) is 0 Å². The lowest BCUT2D eigenvalue weighted by Gasteiger charge is -2.08. The normalized spacial score (nSPS) is 10.3. The topological polar surface area (TPSA) is 24.9 Å². The van der Waals surface area contributed by atoms with Gasteiger partial charge in [-0.2, -0.15) is 0 Å². The SMILES string of the molecule is Cc1ccncc1NCc1ccc(F)c(F)c1. The Morgan fingerprint density at radius 2 is 2.00 bits per heavy atom. The van der Waals surface area contributed by atoms with Crippen LogP contribution in [0.2, 0.25) is 0 Å². The molecule has 0 saturated carbocycles. The predicted octanol–water partition coefficient (Wildman–Crippen LogP) is 3.28. The molecule has 0 aliphatic heterocycles. The number of nitrogens with zero attached hydrogens (tertiary/aromatic N) is 1. The fourth-order valence-corrected chi connectivity index (χ4v) is 1.50. The van der Waals surface area contributed by atoms with E-state index < -0.39 is 11.6 Å². The molecule has 0 fully saturated rings. The number of aryl methyl sites for hydroxylation is 1. The first-order valence-corrected chi connectivity index (χ1v) is 5.25. The van der Waals surface area contributed by atoms with Crippen LogP contribution in [0, 0.1) is 18.6 Å². The maximum Gasteiger partial charge on any atom is 0.159 e. The molecule has 0 unspecified atom stereocenters. The highest BCUT2D eigenvalue weighted by atomic mass is 19.2. The fourth-order valence-electron chi connectivity index (χ4n) is 1.50. The molecule has 17 heavy (non-hydrogen) atoms. The number of pyridine rings is 1. The summed E-state index contributed by atoms with van der Waals surface area (Å²) in [5.41, 5.74) is 2.63. The van der Waals surface area contributed by atoms with Crippen LogP contribution >= 0.6 is 0 Å². The summed E-state index contributed by atoms with van der Waals surface area (Å²) >= 11 is 0. The Morgan fingerprint density at radius 3 is 2.71 bits per heavy atom. The van der Waals surface area contributed by atoms with Crippen molar-refractivity contribution in [3.8, 4) is 0 Å². The van der Waals surface area contributed by atoms with Gasteiger partial charge < -0.3 is 5.32 Å². The molecule has 1 aromatic carbocycles. The Bertz CT molecular complexity index is 527. The Balaban J connectivity index is 2.08. The van der Waals surface area contributed by atoms with Gasteiger partial charge in [0.1, 0.15) is 0 Å². The molecular weight excluding hydrogens is 222 g/mol. The summed E-state index contributed by atoms with van der Waals surface area (Å²) in [6, 6.07) is 5.75. The zero-order valence-corrected chi connectivity index (χ0v) is 9.37. The second-order valence-corrected chi connectivity index (χ2v) is 3.79. The molecule has 88 valence electrons. The van der Waals surface area contributed by atoms with Crippen LogP contribution in [0.15, 0.2) is 36.7 Å². The first kappa shape index (κ1) is 11.5. The zero-order chi connectivity index (χ0) is 12.3. The summed E-state index contributed by atoms with van der Waals surface area (Å²) in [6.45, 7) is 2.39. The minimum Gasteiger partial charge on any atom is -0.380 e. The summed E-state index contributed by atoms with van der Waals surface area (Å²) < 4.78 is 25.7. The monoisotopic (exact) mass is 234 g/mol. The van der Waals surface area contributed by atoms with Gasteiger partial charge in [0.05, 0.1) is 11.9 Å². The first-order chi connectivity index (χ1) is 8.16. The van der Waals surface area contributed by atoms with E-state index in [0.29, 0.717) is 12.1 Å². The van der Waals surface area contributed by atoms with Crippen molar-refractivity contribution in [1.82, 2.24) is 4.98 Å². The van der Waals surface area contributed by atoms with Crippen molar-refractivity contribution in [1.29, 1.82) is 0 Å². The second kappa shape index (κ2) is 4.91. The van der Waals surface area contributed by atoms with Crippen LogP contribution in [-0.4, -0.2) is 4.98 Å². The molecule has 0 aliphatic rings. The Morgan fingerprint density at radius 1 is 1.18 bits per heavy atom. The lowest BCUT2D eigenvalue weighted by Crippen LogP contribution is -2.02. The van der Waals surface area contributed by atoms with E-state index in [1.54, 1.807) is 18.5 Å². The van der Waals surface area contributed by atoms with Gasteiger partial charge in [-0.1, -0.05) is 6.07 Å². The number of anilines is 1. The molecule has 0 aliphatic carbocycles. The van der Waals surface area contributed by atoms with Gasteiger partial charge in [-0.25, -0.2) is 8.78 Å². The smallest absolute Gasteiger partial charge is 0.159 e. The Labute approximate surface area is 98.3 Å². The highest BCUT2D eigenvalue weighted by Gasteiger charge is 2.03. The quantitative estimate of drug-likeness (QED) is 0.881. The largest absolute Gasteiger partial charge is 0.380 e. The highest BCUT2D eigenvalue weighted by Crippen LogP contribution is 2.14. The maximum atomic E-state index is 13.0. The Hall–Kier alpha value is -1.97. The molecule has 2 aromatic rings. The number of hydrogen-bond acceptors (Lipinski definition) is 2. The number of halogens is 2. The summed E-state index contributed by atoms with van der Waals surface area (Å²) in [5.74, 6) is -1.65. The third kappa shape index (κ3) is 2.78. The summed E-state index contributed by atoms with van der Waals surface area (Å²) in [7, 11) is 0. The van der Waals surface area contributed by atoms with Gasteiger partial charge >= 0.3 is 0 Å².